The number of esters is 3. The van der Waals surface area contributed by atoms with Crippen LogP contribution in [0.5, 0.6) is 0 Å². The molecule has 25 heavy (non-hydrogen) atoms. The molecule has 0 saturated carbocycles. The van der Waals surface area contributed by atoms with Crippen molar-refractivity contribution in [3.63, 3.8) is 0 Å². The SMILES string of the molecule is CCOC(=O)C(Nc1ccccc1I)C(C(=O)OCC)C(=O)OCC. The summed E-state index contributed by atoms with van der Waals surface area (Å²) in [7, 11) is 0. The highest BCUT2D eigenvalue weighted by Gasteiger charge is 2.43. The molecule has 1 atom stereocenters. The van der Waals surface area contributed by atoms with Crippen LogP contribution in [0.4, 0.5) is 5.69 Å². The van der Waals surface area contributed by atoms with Crippen molar-refractivity contribution in [2.45, 2.75) is 26.8 Å². The second kappa shape index (κ2) is 10.9. The van der Waals surface area contributed by atoms with Gasteiger partial charge in [-0.25, -0.2) is 4.79 Å². The van der Waals surface area contributed by atoms with E-state index in [1.165, 1.54) is 0 Å². The van der Waals surface area contributed by atoms with Gasteiger partial charge in [-0.2, -0.15) is 0 Å². The van der Waals surface area contributed by atoms with Crippen LogP contribution in [0.15, 0.2) is 24.3 Å². The Bertz CT molecular complexity index is 589. The van der Waals surface area contributed by atoms with Gasteiger partial charge in [0.1, 0.15) is 6.04 Å². The number of nitrogens with one attached hydrogen (secondary N) is 1. The maximum Gasteiger partial charge on any atom is 0.330 e. The van der Waals surface area contributed by atoms with E-state index in [9.17, 15) is 14.4 Å². The van der Waals surface area contributed by atoms with Crippen molar-refractivity contribution >= 4 is 46.2 Å². The molecule has 138 valence electrons. The van der Waals surface area contributed by atoms with E-state index in [0.29, 0.717) is 5.69 Å². The van der Waals surface area contributed by atoms with Crippen LogP contribution in [0.3, 0.4) is 0 Å². The third kappa shape index (κ3) is 6.18. The van der Waals surface area contributed by atoms with E-state index in [1.54, 1.807) is 32.9 Å². The van der Waals surface area contributed by atoms with Crippen molar-refractivity contribution in [2.75, 3.05) is 25.1 Å². The smallest absolute Gasteiger partial charge is 0.330 e. The molecule has 1 N–H and O–H groups in total. The minimum Gasteiger partial charge on any atom is -0.465 e. The third-order valence-corrected chi connectivity index (χ3v) is 4.08. The molecule has 0 bridgehead atoms. The summed E-state index contributed by atoms with van der Waals surface area (Å²) in [5.74, 6) is -3.86. The zero-order valence-corrected chi connectivity index (χ0v) is 16.6. The topological polar surface area (TPSA) is 90.9 Å². The lowest BCUT2D eigenvalue weighted by atomic mass is 9.99. The standard InChI is InChI=1S/C17H22INO6/c1-4-23-15(20)13(16(21)24-5-2)14(17(22)25-6-3)19-12-10-8-7-9-11(12)18/h7-10,13-14,19H,4-6H2,1-3H3. The van der Waals surface area contributed by atoms with E-state index in [0.717, 1.165) is 3.57 Å². The lowest BCUT2D eigenvalue weighted by molar-refractivity contribution is -0.167. The molecular weight excluding hydrogens is 441 g/mol. The Morgan fingerprint density at radius 1 is 0.920 bits per heavy atom. The Hall–Kier alpha value is -1.84. The van der Waals surface area contributed by atoms with Gasteiger partial charge in [-0.15, -0.1) is 0 Å². The number of benzene rings is 1. The predicted molar refractivity (Wildman–Crippen MR) is 100.0 cm³/mol. The number of hydrogen-bond donors (Lipinski definition) is 1. The van der Waals surface area contributed by atoms with E-state index < -0.39 is 29.9 Å². The molecule has 1 rings (SSSR count). The van der Waals surface area contributed by atoms with Crippen LogP contribution in [0.2, 0.25) is 0 Å². The molecule has 0 saturated heterocycles. The molecule has 7 nitrogen and oxygen atoms in total. The fraction of sp³-hybridized carbons (Fsp3) is 0.471. The summed E-state index contributed by atoms with van der Waals surface area (Å²) in [6.07, 6.45) is 0. The van der Waals surface area contributed by atoms with Crippen LogP contribution in [-0.2, 0) is 28.6 Å². The minimum absolute atomic E-state index is 0.0765. The average molecular weight is 463 g/mol. The van der Waals surface area contributed by atoms with Crippen LogP contribution < -0.4 is 5.32 Å². The monoisotopic (exact) mass is 463 g/mol. The van der Waals surface area contributed by atoms with E-state index in [2.05, 4.69) is 27.9 Å². The zero-order valence-electron chi connectivity index (χ0n) is 14.4. The van der Waals surface area contributed by atoms with Gasteiger partial charge in [0.15, 0.2) is 5.92 Å². The van der Waals surface area contributed by atoms with Crippen LogP contribution in [0.25, 0.3) is 0 Å². The lowest BCUT2D eigenvalue weighted by Gasteiger charge is -2.25. The van der Waals surface area contributed by atoms with Gasteiger partial charge in [0, 0.05) is 9.26 Å². The molecule has 8 heteroatoms. The molecule has 0 fully saturated rings. The molecule has 0 aliphatic rings. The maximum atomic E-state index is 12.4. The highest BCUT2D eigenvalue weighted by atomic mass is 127. The molecule has 1 aromatic rings. The number of anilines is 1. The van der Waals surface area contributed by atoms with Crippen LogP contribution in [0.1, 0.15) is 20.8 Å². The predicted octanol–water partition coefficient (Wildman–Crippen LogP) is 2.38. The summed E-state index contributed by atoms with van der Waals surface area (Å²) < 4.78 is 15.8. The Labute approximate surface area is 160 Å². The van der Waals surface area contributed by atoms with Gasteiger partial charge < -0.3 is 19.5 Å². The number of para-hydroxylation sites is 1. The van der Waals surface area contributed by atoms with Gasteiger partial charge in [0.05, 0.1) is 19.8 Å². The lowest BCUT2D eigenvalue weighted by Crippen LogP contribution is -2.47. The highest BCUT2D eigenvalue weighted by Crippen LogP contribution is 2.22. The number of ether oxygens (including phenoxy) is 3. The first kappa shape index (κ1) is 21.2. The molecule has 0 heterocycles. The van der Waals surface area contributed by atoms with Crippen LogP contribution in [-0.4, -0.2) is 43.8 Å². The molecule has 0 aliphatic carbocycles. The summed E-state index contributed by atoms with van der Waals surface area (Å²) in [5.41, 5.74) is 0.597. The summed E-state index contributed by atoms with van der Waals surface area (Å²) in [6.45, 7) is 5.15. The Kier molecular flexibility index (Phi) is 9.25. The second-order valence-electron chi connectivity index (χ2n) is 4.84. The van der Waals surface area contributed by atoms with Gasteiger partial charge in [-0.3, -0.25) is 9.59 Å². The average Bonchev–Trinajstić information content (AvgIpc) is 2.56. The molecule has 0 amide bonds. The summed E-state index contributed by atoms with van der Waals surface area (Å²) in [5, 5.41) is 2.93. The van der Waals surface area contributed by atoms with E-state index in [1.807, 2.05) is 12.1 Å². The van der Waals surface area contributed by atoms with Crippen molar-refractivity contribution in [2.24, 2.45) is 5.92 Å². The fourth-order valence-corrected chi connectivity index (χ4v) is 2.63. The first-order valence-corrected chi connectivity index (χ1v) is 9.05. The Balaban J connectivity index is 3.23. The molecule has 1 aromatic carbocycles. The van der Waals surface area contributed by atoms with Crippen molar-refractivity contribution in [3.05, 3.63) is 27.8 Å². The quantitative estimate of drug-likeness (QED) is 0.260. The molecular formula is C17H22INO6. The third-order valence-electron chi connectivity index (χ3n) is 3.14. The van der Waals surface area contributed by atoms with Gasteiger partial charge in [-0.1, -0.05) is 12.1 Å². The van der Waals surface area contributed by atoms with E-state index in [4.69, 9.17) is 14.2 Å². The van der Waals surface area contributed by atoms with Gasteiger partial charge in [-0.05, 0) is 55.5 Å². The Morgan fingerprint density at radius 2 is 1.40 bits per heavy atom. The van der Waals surface area contributed by atoms with Crippen molar-refractivity contribution in [1.29, 1.82) is 0 Å². The number of carbonyl (C=O) groups excluding carboxylic acids is 3. The minimum atomic E-state index is -1.46. The molecule has 0 aliphatic heterocycles. The van der Waals surface area contributed by atoms with E-state index in [-0.39, 0.29) is 19.8 Å². The highest BCUT2D eigenvalue weighted by molar-refractivity contribution is 14.1. The molecule has 0 aromatic heterocycles. The first-order chi connectivity index (χ1) is 12.0. The first-order valence-electron chi connectivity index (χ1n) is 7.97. The largest absolute Gasteiger partial charge is 0.465 e. The van der Waals surface area contributed by atoms with Crippen LogP contribution >= 0.6 is 22.6 Å². The summed E-state index contributed by atoms with van der Waals surface area (Å²) in [6, 6.07) is 5.92. The van der Waals surface area contributed by atoms with Gasteiger partial charge >= 0.3 is 17.9 Å². The number of halogens is 1. The van der Waals surface area contributed by atoms with Gasteiger partial charge in [0.25, 0.3) is 0 Å². The normalized spacial score (nSPS) is 11.6. The summed E-state index contributed by atoms with van der Waals surface area (Å²) >= 11 is 2.08. The van der Waals surface area contributed by atoms with Gasteiger partial charge in [0.2, 0.25) is 0 Å². The number of hydrogen-bond acceptors (Lipinski definition) is 7. The van der Waals surface area contributed by atoms with E-state index >= 15 is 0 Å². The van der Waals surface area contributed by atoms with Crippen molar-refractivity contribution in [1.82, 2.24) is 0 Å². The molecule has 0 spiro atoms. The Morgan fingerprint density at radius 3 is 1.88 bits per heavy atom. The fourth-order valence-electron chi connectivity index (χ4n) is 2.09. The maximum absolute atomic E-state index is 12.4. The molecule has 1 unspecified atom stereocenters. The summed E-state index contributed by atoms with van der Waals surface area (Å²) in [4.78, 5) is 37.0. The zero-order chi connectivity index (χ0) is 18.8. The molecule has 0 radical (unpaired) electrons. The number of carbonyl (C=O) groups is 3. The number of rotatable bonds is 9. The second-order valence-corrected chi connectivity index (χ2v) is 6.00. The van der Waals surface area contributed by atoms with Crippen LogP contribution in [0, 0.1) is 9.49 Å². The van der Waals surface area contributed by atoms with Crippen molar-refractivity contribution in [3.8, 4) is 0 Å². The van der Waals surface area contributed by atoms with Crippen molar-refractivity contribution < 1.29 is 28.6 Å².